The van der Waals surface area contributed by atoms with Crippen LogP contribution in [-0.2, 0) is 6.54 Å². The fourth-order valence-electron chi connectivity index (χ4n) is 2.48. The highest BCUT2D eigenvalue weighted by Gasteiger charge is 2.24. The van der Waals surface area contributed by atoms with Gasteiger partial charge >= 0.3 is 0 Å². The van der Waals surface area contributed by atoms with E-state index in [1.165, 1.54) is 5.56 Å². The van der Waals surface area contributed by atoms with Crippen LogP contribution in [0.15, 0.2) is 42.7 Å². The summed E-state index contributed by atoms with van der Waals surface area (Å²) in [6, 6.07) is 12.6. The number of benzene rings is 1. The Hall–Kier alpha value is -2.12. The molecule has 4 heteroatoms. The maximum absolute atomic E-state index is 9.29. The summed E-state index contributed by atoms with van der Waals surface area (Å²) in [7, 11) is 1.86. The molecule has 1 N–H and O–H groups in total. The van der Waals surface area contributed by atoms with E-state index in [1.807, 2.05) is 43.0 Å². The Morgan fingerprint density at radius 3 is 2.67 bits per heavy atom. The van der Waals surface area contributed by atoms with Crippen LogP contribution in [-0.4, -0.2) is 22.4 Å². The fourth-order valence-corrected chi connectivity index (χ4v) is 2.48. The second-order valence-electron chi connectivity index (χ2n) is 5.26. The molecule has 0 aliphatic heterocycles. The van der Waals surface area contributed by atoms with Crippen LogP contribution in [0.5, 0.6) is 0 Å². The second kappa shape index (κ2) is 7.05. The Labute approximate surface area is 126 Å². The number of rotatable bonds is 7. The van der Waals surface area contributed by atoms with Crippen molar-refractivity contribution in [3.8, 4) is 17.2 Å². The van der Waals surface area contributed by atoms with Crippen LogP contribution in [0.25, 0.3) is 11.1 Å². The molecule has 1 unspecified atom stereocenters. The van der Waals surface area contributed by atoms with Crippen molar-refractivity contribution >= 4 is 0 Å². The smallest absolute Gasteiger partial charge is 0.106 e. The van der Waals surface area contributed by atoms with Gasteiger partial charge in [0.15, 0.2) is 0 Å². The molecule has 0 bridgehead atoms. The molecule has 0 fully saturated rings. The highest BCUT2D eigenvalue weighted by molar-refractivity contribution is 5.61. The van der Waals surface area contributed by atoms with E-state index < -0.39 is 5.54 Å². The first-order chi connectivity index (χ1) is 10.2. The Kier molecular flexibility index (Phi) is 5.13. The van der Waals surface area contributed by atoms with Crippen LogP contribution < -0.4 is 5.32 Å². The minimum absolute atomic E-state index is 0.407. The Bertz CT molecular complexity index is 591. The highest BCUT2D eigenvalue weighted by Crippen LogP contribution is 2.19. The quantitative estimate of drug-likeness (QED) is 0.848. The van der Waals surface area contributed by atoms with Crippen molar-refractivity contribution < 1.29 is 0 Å². The van der Waals surface area contributed by atoms with Crippen molar-refractivity contribution in [1.29, 1.82) is 5.26 Å². The van der Waals surface area contributed by atoms with Gasteiger partial charge < -0.3 is 5.32 Å². The maximum atomic E-state index is 9.29. The van der Waals surface area contributed by atoms with E-state index in [1.54, 1.807) is 0 Å². The first-order valence-corrected chi connectivity index (χ1v) is 7.41. The molecule has 21 heavy (non-hydrogen) atoms. The SMILES string of the molecule is CCC(C#N)(CCCn1cc(-c2ccccc2)cn1)NC. The number of nitriles is 1. The molecule has 0 radical (unpaired) electrons. The minimum Gasteiger partial charge on any atom is -0.302 e. The van der Waals surface area contributed by atoms with Crippen LogP contribution in [0.3, 0.4) is 0 Å². The topological polar surface area (TPSA) is 53.6 Å². The van der Waals surface area contributed by atoms with Crippen LogP contribution in [0.1, 0.15) is 26.2 Å². The van der Waals surface area contributed by atoms with Crippen LogP contribution in [0, 0.1) is 11.3 Å². The van der Waals surface area contributed by atoms with Gasteiger partial charge in [0.1, 0.15) is 5.54 Å². The summed E-state index contributed by atoms with van der Waals surface area (Å²) in [6.07, 6.45) is 6.53. The largest absolute Gasteiger partial charge is 0.302 e. The zero-order valence-electron chi connectivity index (χ0n) is 12.7. The van der Waals surface area contributed by atoms with Gasteiger partial charge in [0.2, 0.25) is 0 Å². The molecule has 0 aliphatic rings. The average Bonchev–Trinajstić information content (AvgIpc) is 3.02. The molecule has 0 saturated carbocycles. The third-order valence-electron chi connectivity index (χ3n) is 4.03. The number of hydrogen-bond acceptors (Lipinski definition) is 3. The first kappa shape index (κ1) is 15.3. The summed E-state index contributed by atoms with van der Waals surface area (Å²) in [4.78, 5) is 0. The Balaban J connectivity index is 1.94. The van der Waals surface area contributed by atoms with Gasteiger partial charge in [-0.1, -0.05) is 37.3 Å². The molecule has 0 spiro atoms. The number of nitrogens with one attached hydrogen (secondary N) is 1. The van der Waals surface area contributed by atoms with Gasteiger partial charge in [-0.15, -0.1) is 0 Å². The van der Waals surface area contributed by atoms with Crippen molar-refractivity contribution in [2.24, 2.45) is 0 Å². The van der Waals surface area contributed by atoms with Gasteiger partial charge in [0.05, 0.1) is 12.3 Å². The van der Waals surface area contributed by atoms with Crippen LogP contribution in [0.2, 0.25) is 0 Å². The molecule has 110 valence electrons. The summed E-state index contributed by atoms with van der Waals surface area (Å²) >= 11 is 0. The molecule has 4 nitrogen and oxygen atoms in total. The van der Waals surface area contributed by atoms with Crippen molar-refractivity contribution in [2.75, 3.05) is 7.05 Å². The van der Waals surface area contributed by atoms with Crippen molar-refractivity contribution in [3.63, 3.8) is 0 Å². The molecule has 1 atom stereocenters. The normalized spacial score (nSPS) is 13.6. The molecule has 0 amide bonds. The zero-order valence-corrected chi connectivity index (χ0v) is 12.7. The second-order valence-corrected chi connectivity index (χ2v) is 5.26. The minimum atomic E-state index is -0.407. The van der Waals surface area contributed by atoms with E-state index in [-0.39, 0.29) is 0 Å². The highest BCUT2D eigenvalue weighted by atomic mass is 15.3. The molecule has 2 rings (SSSR count). The van der Waals surface area contributed by atoms with Gasteiger partial charge in [-0.05, 0) is 31.9 Å². The summed E-state index contributed by atoms with van der Waals surface area (Å²) < 4.78 is 1.95. The molecule has 1 aromatic carbocycles. The molecular weight excluding hydrogens is 260 g/mol. The predicted octanol–water partition coefficient (Wildman–Crippen LogP) is 3.22. The number of hydrogen-bond donors (Lipinski definition) is 1. The van der Waals surface area contributed by atoms with Gasteiger partial charge in [-0.25, -0.2) is 0 Å². The van der Waals surface area contributed by atoms with Gasteiger partial charge in [-0.2, -0.15) is 10.4 Å². The summed E-state index contributed by atoms with van der Waals surface area (Å²) in [6.45, 7) is 2.87. The number of aryl methyl sites for hydroxylation is 1. The average molecular weight is 282 g/mol. The lowest BCUT2D eigenvalue weighted by Crippen LogP contribution is -2.40. The summed E-state index contributed by atoms with van der Waals surface area (Å²) in [5.41, 5.74) is 1.90. The van der Waals surface area contributed by atoms with Crippen LogP contribution >= 0.6 is 0 Å². The maximum Gasteiger partial charge on any atom is 0.106 e. The Morgan fingerprint density at radius 2 is 2.05 bits per heavy atom. The first-order valence-electron chi connectivity index (χ1n) is 7.41. The number of nitrogens with zero attached hydrogens (tertiary/aromatic N) is 3. The van der Waals surface area contributed by atoms with E-state index in [0.29, 0.717) is 0 Å². The van der Waals surface area contributed by atoms with Crippen LogP contribution in [0.4, 0.5) is 0 Å². The molecule has 0 saturated heterocycles. The summed E-state index contributed by atoms with van der Waals surface area (Å²) in [5, 5.41) is 16.8. The molecule has 2 aromatic rings. The van der Waals surface area contributed by atoms with E-state index in [0.717, 1.165) is 31.4 Å². The van der Waals surface area contributed by atoms with E-state index >= 15 is 0 Å². The lowest BCUT2D eigenvalue weighted by atomic mass is 9.92. The molecule has 0 aliphatic carbocycles. The standard InChI is InChI=1S/C17H22N4/c1-3-17(14-18,19-2)10-7-11-21-13-16(12-20-21)15-8-5-4-6-9-15/h4-6,8-9,12-13,19H,3,7,10-11H2,1-2H3. The molecule has 1 aromatic heterocycles. The van der Waals surface area contributed by atoms with E-state index in [4.69, 9.17) is 0 Å². The van der Waals surface area contributed by atoms with Gasteiger partial charge in [-0.3, -0.25) is 4.68 Å². The Morgan fingerprint density at radius 1 is 1.29 bits per heavy atom. The molecular formula is C17H22N4. The van der Waals surface area contributed by atoms with E-state index in [9.17, 15) is 5.26 Å². The fraction of sp³-hybridized carbons (Fsp3) is 0.412. The summed E-state index contributed by atoms with van der Waals surface area (Å²) in [5.74, 6) is 0. The third-order valence-corrected chi connectivity index (χ3v) is 4.03. The predicted molar refractivity (Wildman–Crippen MR) is 84.6 cm³/mol. The van der Waals surface area contributed by atoms with Crippen molar-refractivity contribution in [3.05, 3.63) is 42.7 Å². The van der Waals surface area contributed by atoms with Gasteiger partial charge in [0, 0.05) is 18.3 Å². The third kappa shape index (κ3) is 3.71. The lowest BCUT2D eigenvalue weighted by Gasteiger charge is -2.24. The zero-order chi connectivity index (χ0) is 15.1. The van der Waals surface area contributed by atoms with Gasteiger partial charge in [0.25, 0.3) is 0 Å². The van der Waals surface area contributed by atoms with Crippen molar-refractivity contribution in [2.45, 2.75) is 38.3 Å². The molecule has 1 heterocycles. The monoisotopic (exact) mass is 282 g/mol. The van der Waals surface area contributed by atoms with E-state index in [2.05, 4.69) is 34.8 Å². The number of aromatic nitrogens is 2. The van der Waals surface area contributed by atoms with Crippen molar-refractivity contribution in [1.82, 2.24) is 15.1 Å². The lowest BCUT2D eigenvalue weighted by molar-refractivity contribution is 0.375.